The second-order valence-corrected chi connectivity index (χ2v) is 4.04. The Morgan fingerprint density at radius 2 is 2.46 bits per heavy atom. The Morgan fingerprint density at radius 3 is 3.08 bits per heavy atom. The van der Waals surface area contributed by atoms with E-state index in [1.807, 2.05) is 19.1 Å². The van der Waals surface area contributed by atoms with Gasteiger partial charge in [-0.25, -0.2) is 0 Å². The summed E-state index contributed by atoms with van der Waals surface area (Å²) in [5, 5.41) is 0.969. The van der Waals surface area contributed by atoms with Crippen molar-refractivity contribution in [3.05, 3.63) is 29.6 Å². The fraction of sp³-hybridized carbons (Fsp3) is 0.333. The molecule has 2 rings (SSSR count). The zero-order valence-electron chi connectivity index (χ0n) is 7.40. The van der Waals surface area contributed by atoms with Gasteiger partial charge < -0.3 is 5.73 Å². The van der Waals surface area contributed by atoms with Crippen LogP contribution in [-0.2, 0) is 0 Å². The van der Waals surface area contributed by atoms with Gasteiger partial charge >= 0.3 is 0 Å². The molecule has 0 amide bonds. The number of aryl methyl sites for hydroxylation is 1. The zero-order chi connectivity index (χ0) is 9.26. The van der Waals surface area contributed by atoms with Crippen molar-refractivity contribution in [1.29, 1.82) is 0 Å². The Morgan fingerprint density at radius 1 is 1.62 bits per heavy atom. The molecule has 0 aromatic carbocycles. The molecule has 1 aliphatic heterocycles. The highest BCUT2D eigenvalue weighted by molar-refractivity contribution is 8.14. The Labute approximate surface area is 81.5 Å². The van der Waals surface area contributed by atoms with Gasteiger partial charge in [-0.1, -0.05) is 0 Å². The van der Waals surface area contributed by atoms with E-state index in [4.69, 9.17) is 5.73 Å². The van der Waals surface area contributed by atoms with E-state index in [-0.39, 0.29) is 6.17 Å². The lowest BCUT2D eigenvalue weighted by Gasteiger charge is -1.98. The van der Waals surface area contributed by atoms with Crippen LogP contribution in [0.15, 0.2) is 23.3 Å². The Bertz CT molecular complexity index is 348. The number of nitrogens with two attached hydrogens (primary N) is 1. The second-order valence-electron chi connectivity index (χ2n) is 3.03. The smallest absolute Gasteiger partial charge is 0.118 e. The fourth-order valence-electron chi connectivity index (χ4n) is 1.18. The van der Waals surface area contributed by atoms with Crippen molar-refractivity contribution in [3.8, 4) is 0 Å². The van der Waals surface area contributed by atoms with Gasteiger partial charge in [0, 0.05) is 11.9 Å². The van der Waals surface area contributed by atoms with E-state index >= 15 is 0 Å². The summed E-state index contributed by atoms with van der Waals surface area (Å²) < 4.78 is 0. The van der Waals surface area contributed by atoms with Crippen LogP contribution in [0.1, 0.15) is 11.3 Å². The van der Waals surface area contributed by atoms with Crippen LogP contribution in [-0.4, -0.2) is 21.9 Å². The zero-order valence-corrected chi connectivity index (χ0v) is 8.21. The van der Waals surface area contributed by atoms with Crippen molar-refractivity contribution in [3.63, 3.8) is 0 Å². The number of rotatable bonds is 1. The van der Waals surface area contributed by atoms with Gasteiger partial charge in [-0.15, -0.1) is 11.8 Å². The van der Waals surface area contributed by atoms with Crippen molar-refractivity contribution < 1.29 is 0 Å². The van der Waals surface area contributed by atoms with Gasteiger partial charge in [-0.3, -0.25) is 9.98 Å². The average Bonchev–Trinajstić information content (AvgIpc) is 2.52. The molecular weight excluding hydrogens is 182 g/mol. The molecule has 0 saturated carbocycles. The molecule has 0 unspecified atom stereocenters. The third-order valence-corrected chi connectivity index (χ3v) is 2.90. The van der Waals surface area contributed by atoms with Crippen LogP contribution in [0.2, 0.25) is 0 Å². The van der Waals surface area contributed by atoms with E-state index in [1.54, 1.807) is 18.0 Å². The largest absolute Gasteiger partial charge is 0.309 e. The molecule has 0 radical (unpaired) electrons. The number of nitrogens with zero attached hydrogens (tertiary/aromatic N) is 2. The third-order valence-electron chi connectivity index (χ3n) is 1.81. The average molecular weight is 193 g/mol. The Hall–Kier alpha value is -0.870. The topological polar surface area (TPSA) is 51.3 Å². The molecule has 1 aliphatic rings. The summed E-state index contributed by atoms with van der Waals surface area (Å²) in [5.74, 6) is 0.866. The number of pyridine rings is 1. The minimum Gasteiger partial charge on any atom is -0.309 e. The van der Waals surface area contributed by atoms with Crippen LogP contribution in [0, 0.1) is 6.92 Å². The molecule has 1 atom stereocenters. The normalized spacial score (nSPS) is 21.7. The minimum atomic E-state index is -0.0534. The van der Waals surface area contributed by atoms with Crippen LogP contribution in [0.5, 0.6) is 0 Å². The Balaban J connectivity index is 2.31. The van der Waals surface area contributed by atoms with Crippen LogP contribution in [0.3, 0.4) is 0 Å². The quantitative estimate of drug-likeness (QED) is 0.728. The molecule has 0 fully saturated rings. The van der Waals surface area contributed by atoms with E-state index in [9.17, 15) is 0 Å². The van der Waals surface area contributed by atoms with Crippen molar-refractivity contribution in [2.24, 2.45) is 10.7 Å². The van der Waals surface area contributed by atoms with Gasteiger partial charge in [-0.05, 0) is 24.6 Å². The summed E-state index contributed by atoms with van der Waals surface area (Å²) in [4.78, 5) is 8.54. The lowest BCUT2D eigenvalue weighted by Crippen LogP contribution is -2.15. The summed E-state index contributed by atoms with van der Waals surface area (Å²) in [7, 11) is 0. The third kappa shape index (κ3) is 1.89. The predicted octanol–water partition coefficient (Wildman–Crippen LogP) is 1.17. The molecule has 1 aromatic heterocycles. The summed E-state index contributed by atoms with van der Waals surface area (Å²) in [6.07, 6.45) is 1.75. The van der Waals surface area contributed by atoms with Crippen LogP contribution in [0.25, 0.3) is 0 Å². The molecule has 2 heterocycles. The highest BCUT2D eigenvalue weighted by atomic mass is 32.2. The van der Waals surface area contributed by atoms with Gasteiger partial charge in [0.1, 0.15) is 11.2 Å². The molecule has 1 aromatic rings. The number of thioether (sulfide) groups is 1. The first-order chi connectivity index (χ1) is 6.25. The van der Waals surface area contributed by atoms with Crippen molar-refractivity contribution in [1.82, 2.24) is 4.98 Å². The van der Waals surface area contributed by atoms with Crippen molar-refractivity contribution in [2.75, 3.05) is 5.75 Å². The molecule has 13 heavy (non-hydrogen) atoms. The molecule has 4 heteroatoms. The maximum Gasteiger partial charge on any atom is 0.118 e. The Kier molecular flexibility index (Phi) is 2.33. The van der Waals surface area contributed by atoms with Crippen LogP contribution in [0.4, 0.5) is 0 Å². The standard InChI is InChI=1S/C9H11N3S/c1-6-2-3-11-7(4-6)9-12-8(10)5-13-9/h2-4,8H,5,10H2,1H3/t8-/m0/s1. The monoisotopic (exact) mass is 193 g/mol. The molecule has 0 bridgehead atoms. The SMILES string of the molecule is Cc1ccnc(C2=N[C@H](N)CS2)c1. The van der Waals surface area contributed by atoms with Gasteiger partial charge in [0.2, 0.25) is 0 Å². The minimum absolute atomic E-state index is 0.0534. The van der Waals surface area contributed by atoms with Crippen molar-refractivity contribution in [2.45, 2.75) is 13.1 Å². The van der Waals surface area contributed by atoms with E-state index in [1.165, 1.54) is 5.56 Å². The first kappa shape index (κ1) is 8.72. The molecule has 68 valence electrons. The number of aromatic nitrogens is 1. The highest BCUT2D eigenvalue weighted by Crippen LogP contribution is 2.20. The molecule has 2 N–H and O–H groups in total. The second kappa shape index (κ2) is 3.47. The summed E-state index contributed by atoms with van der Waals surface area (Å²) in [5.41, 5.74) is 7.81. The van der Waals surface area contributed by atoms with E-state index in [0.717, 1.165) is 16.5 Å². The van der Waals surface area contributed by atoms with Gasteiger partial charge in [-0.2, -0.15) is 0 Å². The van der Waals surface area contributed by atoms with Gasteiger partial charge in [0.15, 0.2) is 0 Å². The summed E-state index contributed by atoms with van der Waals surface area (Å²) in [6, 6.07) is 4.01. The first-order valence-electron chi connectivity index (χ1n) is 4.15. The van der Waals surface area contributed by atoms with E-state index < -0.39 is 0 Å². The maximum absolute atomic E-state index is 5.66. The first-order valence-corrected chi connectivity index (χ1v) is 5.13. The van der Waals surface area contributed by atoms with E-state index in [2.05, 4.69) is 9.98 Å². The number of hydrogen-bond donors (Lipinski definition) is 1. The lowest BCUT2D eigenvalue weighted by atomic mass is 10.2. The van der Waals surface area contributed by atoms with Gasteiger partial charge in [0.25, 0.3) is 0 Å². The predicted molar refractivity (Wildman–Crippen MR) is 55.9 cm³/mol. The lowest BCUT2D eigenvalue weighted by molar-refractivity contribution is 0.819. The number of aliphatic imine (C=N–C) groups is 1. The summed E-state index contributed by atoms with van der Waals surface area (Å²) in [6.45, 7) is 2.05. The number of hydrogen-bond acceptors (Lipinski definition) is 4. The molecule has 0 saturated heterocycles. The molecule has 3 nitrogen and oxygen atoms in total. The van der Waals surface area contributed by atoms with Gasteiger partial charge in [0.05, 0.1) is 5.69 Å². The van der Waals surface area contributed by atoms with Crippen LogP contribution < -0.4 is 5.73 Å². The molecular formula is C9H11N3S. The van der Waals surface area contributed by atoms with Crippen molar-refractivity contribution >= 4 is 16.8 Å². The fourth-order valence-corrected chi connectivity index (χ4v) is 2.06. The molecule has 0 aliphatic carbocycles. The van der Waals surface area contributed by atoms with Crippen LogP contribution >= 0.6 is 11.8 Å². The molecule has 0 spiro atoms. The maximum atomic E-state index is 5.66. The highest BCUT2D eigenvalue weighted by Gasteiger charge is 2.16. The summed E-state index contributed by atoms with van der Waals surface area (Å²) >= 11 is 1.67. The van der Waals surface area contributed by atoms with E-state index in [0.29, 0.717) is 0 Å².